The van der Waals surface area contributed by atoms with Crippen molar-refractivity contribution in [3.05, 3.63) is 34.4 Å². The van der Waals surface area contributed by atoms with E-state index < -0.39 is 0 Å². The first-order valence-electron chi connectivity index (χ1n) is 6.36. The minimum Gasteiger partial charge on any atom is -0.310 e. The zero-order valence-electron chi connectivity index (χ0n) is 11.8. The van der Waals surface area contributed by atoms with Gasteiger partial charge in [0.1, 0.15) is 0 Å². The van der Waals surface area contributed by atoms with Crippen LogP contribution in [0.4, 0.5) is 0 Å². The van der Waals surface area contributed by atoms with Crippen LogP contribution < -0.4 is 5.32 Å². The van der Waals surface area contributed by atoms with Crippen molar-refractivity contribution >= 4 is 11.8 Å². The van der Waals surface area contributed by atoms with Crippen molar-refractivity contribution < 1.29 is 0 Å². The molecule has 0 radical (unpaired) electrons. The van der Waals surface area contributed by atoms with Gasteiger partial charge in [-0.3, -0.25) is 0 Å². The van der Waals surface area contributed by atoms with E-state index in [-0.39, 0.29) is 0 Å². The maximum atomic E-state index is 3.61. The summed E-state index contributed by atoms with van der Waals surface area (Å²) < 4.78 is 0. The third-order valence-electron chi connectivity index (χ3n) is 3.32. The molecule has 1 N–H and O–H groups in total. The van der Waals surface area contributed by atoms with E-state index in [2.05, 4.69) is 51.4 Å². The lowest BCUT2D eigenvalue weighted by Gasteiger charge is -2.18. The topological polar surface area (TPSA) is 12.0 Å². The van der Waals surface area contributed by atoms with Crippen LogP contribution in [0.3, 0.4) is 0 Å². The zero-order valence-corrected chi connectivity index (χ0v) is 12.6. The summed E-state index contributed by atoms with van der Waals surface area (Å²) >= 11 is 1.92. The molecule has 0 aromatic heterocycles. The summed E-state index contributed by atoms with van der Waals surface area (Å²) in [6, 6.07) is 5.08. The van der Waals surface area contributed by atoms with Crippen molar-refractivity contribution in [3.8, 4) is 0 Å². The monoisotopic (exact) mass is 251 g/mol. The van der Waals surface area contributed by atoms with Crippen LogP contribution in [0.25, 0.3) is 0 Å². The number of benzene rings is 1. The molecule has 0 bridgehead atoms. The molecule has 0 spiro atoms. The molecule has 0 aliphatic carbocycles. The van der Waals surface area contributed by atoms with Crippen molar-refractivity contribution in [1.29, 1.82) is 0 Å². The standard InChI is InChI=1S/C15H25NS/c1-11-9-13(3)15(10-12(11)2)14(4)16-7-6-8-17-5/h9-10,14,16H,6-8H2,1-5H3. The summed E-state index contributed by atoms with van der Waals surface area (Å²) in [5.41, 5.74) is 5.62. The van der Waals surface area contributed by atoms with Crippen LogP contribution in [-0.4, -0.2) is 18.6 Å². The Morgan fingerprint density at radius 2 is 1.76 bits per heavy atom. The number of aryl methyl sites for hydroxylation is 3. The first-order valence-corrected chi connectivity index (χ1v) is 7.75. The fraction of sp³-hybridized carbons (Fsp3) is 0.600. The Balaban J connectivity index is 2.62. The molecule has 0 saturated heterocycles. The summed E-state index contributed by atoms with van der Waals surface area (Å²) in [4.78, 5) is 0. The van der Waals surface area contributed by atoms with Gasteiger partial charge in [-0.15, -0.1) is 0 Å². The minimum atomic E-state index is 0.455. The highest BCUT2D eigenvalue weighted by atomic mass is 32.2. The van der Waals surface area contributed by atoms with Gasteiger partial charge in [-0.05, 0) is 74.9 Å². The van der Waals surface area contributed by atoms with Gasteiger partial charge in [0.25, 0.3) is 0 Å². The van der Waals surface area contributed by atoms with Gasteiger partial charge in [-0.25, -0.2) is 0 Å². The minimum absolute atomic E-state index is 0.455. The lowest BCUT2D eigenvalue weighted by atomic mass is 9.96. The number of hydrogen-bond donors (Lipinski definition) is 1. The highest BCUT2D eigenvalue weighted by molar-refractivity contribution is 7.98. The molecule has 0 fully saturated rings. The first kappa shape index (κ1) is 14.6. The molecular weight excluding hydrogens is 226 g/mol. The number of hydrogen-bond acceptors (Lipinski definition) is 2. The molecule has 1 rings (SSSR count). The van der Waals surface area contributed by atoms with Crippen LogP contribution in [0.1, 0.15) is 41.6 Å². The molecule has 1 aromatic rings. The lowest BCUT2D eigenvalue weighted by Crippen LogP contribution is -2.21. The molecule has 17 heavy (non-hydrogen) atoms. The Morgan fingerprint density at radius 3 is 2.41 bits per heavy atom. The SMILES string of the molecule is CSCCCNC(C)c1cc(C)c(C)cc1C. The largest absolute Gasteiger partial charge is 0.310 e. The number of nitrogens with one attached hydrogen (secondary N) is 1. The van der Waals surface area contributed by atoms with E-state index in [9.17, 15) is 0 Å². The highest BCUT2D eigenvalue weighted by Gasteiger charge is 2.08. The predicted octanol–water partition coefficient (Wildman–Crippen LogP) is 4.02. The molecular formula is C15H25NS. The number of rotatable bonds is 6. The first-order chi connectivity index (χ1) is 8.06. The summed E-state index contributed by atoms with van der Waals surface area (Å²) in [5, 5.41) is 3.61. The molecule has 1 aromatic carbocycles. The van der Waals surface area contributed by atoms with E-state index in [4.69, 9.17) is 0 Å². The van der Waals surface area contributed by atoms with Gasteiger partial charge in [-0.2, -0.15) is 11.8 Å². The molecule has 0 heterocycles. The summed E-state index contributed by atoms with van der Waals surface area (Å²) in [6.45, 7) is 9.95. The fourth-order valence-electron chi connectivity index (χ4n) is 2.09. The van der Waals surface area contributed by atoms with E-state index in [1.807, 2.05) is 11.8 Å². The normalized spacial score (nSPS) is 12.8. The van der Waals surface area contributed by atoms with Crippen LogP contribution in [0.2, 0.25) is 0 Å². The smallest absolute Gasteiger partial charge is 0.0294 e. The van der Waals surface area contributed by atoms with Crippen LogP contribution in [0.15, 0.2) is 12.1 Å². The Hall–Kier alpha value is -0.470. The lowest BCUT2D eigenvalue weighted by molar-refractivity contribution is 0.570. The van der Waals surface area contributed by atoms with Crippen molar-refractivity contribution in [1.82, 2.24) is 5.32 Å². The van der Waals surface area contributed by atoms with Gasteiger partial charge in [-0.1, -0.05) is 12.1 Å². The highest BCUT2D eigenvalue weighted by Crippen LogP contribution is 2.21. The summed E-state index contributed by atoms with van der Waals surface area (Å²) in [5.74, 6) is 1.24. The van der Waals surface area contributed by atoms with Crippen LogP contribution in [0.5, 0.6) is 0 Å². The Morgan fingerprint density at radius 1 is 1.12 bits per heavy atom. The van der Waals surface area contributed by atoms with Crippen LogP contribution in [-0.2, 0) is 0 Å². The van der Waals surface area contributed by atoms with Gasteiger partial charge >= 0.3 is 0 Å². The van der Waals surface area contributed by atoms with Crippen molar-refractivity contribution in [2.24, 2.45) is 0 Å². The van der Waals surface area contributed by atoms with Crippen LogP contribution >= 0.6 is 11.8 Å². The maximum Gasteiger partial charge on any atom is 0.0294 e. The second-order valence-corrected chi connectivity index (χ2v) is 5.80. The predicted molar refractivity (Wildman–Crippen MR) is 80.1 cm³/mol. The van der Waals surface area contributed by atoms with E-state index in [1.54, 1.807) is 0 Å². The molecule has 1 unspecified atom stereocenters. The van der Waals surface area contributed by atoms with Crippen molar-refractivity contribution in [2.75, 3.05) is 18.6 Å². The van der Waals surface area contributed by atoms with Gasteiger partial charge < -0.3 is 5.32 Å². The second-order valence-electron chi connectivity index (χ2n) is 4.82. The molecule has 96 valence electrons. The third kappa shape index (κ3) is 4.36. The Kier molecular flexibility index (Phi) is 6.07. The van der Waals surface area contributed by atoms with Gasteiger partial charge in [0.15, 0.2) is 0 Å². The van der Waals surface area contributed by atoms with E-state index in [1.165, 1.54) is 34.4 Å². The molecule has 2 heteroatoms. The zero-order chi connectivity index (χ0) is 12.8. The molecule has 0 aliphatic rings. The quantitative estimate of drug-likeness (QED) is 0.767. The molecule has 1 nitrogen and oxygen atoms in total. The van der Waals surface area contributed by atoms with Gasteiger partial charge in [0, 0.05) is 6.04 Å². The summed E-state index contributed by atoms with van der Waals surface area (Å²) in [7, 11) is 0. The van der Waals surface area contributed by atoms with E-state index >= 15 is 0 Å². The molecule has 1 atom stereocenters. The van der Waals surface area contributed by atoms with E-state index in [0.29, 0.717) is 6.04 Å². The molecule has 0 aliphatic heterocycles. The second kappa shape index (κ2) is 7.07. The molecule has 0 saturated carbocycles. The van der Waals surface area contributed by atoms with E-state index in [0.717, 1.165) is 6.54 Å². The molecule has 0 amide bonds. The van der Waals surface area contributed by atoms with Crippen molar-refractivity contribution in [3.63, 3.8) is 0 Å². The average Bonchev–Trinajstić information content (AvgIpc) is 2.29. The fourth-order valence-corrected chi connectivity index (χ4v) is 2.53. The number of thioether (sulfide) groups is 1. The van der Waals surface area contributed by atoms with Gasteiger partial charge in [0.05, 0.1) is 0 Å². The van der Waals surface area contributed by atoms with Crippen molar-refractivity contribution in [2.45, 2.75) is 40.2 Å². The van der Waals surface area contributed by atoms with Crippen LogP contribution in [0, 0.1) is 20.8 Å². The third-order valence-corrected chi connectivity index (χ3v) is 4.02. The van der Waals surface area contributed by atoms with Gasteiger partial charge in [0.2, 0.25) is 0 Å². The average molecular weight is 251 g/mol. The Bertz CT molecular complexity index is 360. The Labute approximate surface area is 110 Å². The maximum absolute atomic E-state index is 3.61. The summed E-state index contributed by atoms with van der Waals surface area (Å²) in [6.07, 6.45) is 3.41.